The quantitative estimate of drug-likeness (QED) is 0.751. The molecule has 1 heterocycles. The predicted molar refractivity (Wildman–Crippen MR) is 85.1 cm³/mol. The van der Waals surface area contributed by atoms with Gasteiger partial charge in [0, 0.05) is 10.9 Å². The van der Waals surface area contributed by atoms with Crippen LogP contribution < -0.4 is 5.32 Å². The van der Waals surface area contributed by atoms with Crippen LogP contribution in [0.1, 0.15) is 36.2 Å². The molecule has 0 bridgehead atoms. The Balaban J connectivity index is 1.98. The van der Waals surface area contributed by atoms with E-state index in [0.717, 1.165) is 30.1 Å². The third-order valence-corrected chi connectivity index (χ3v) is 4.49. The lowest BCUT2D eigenvalue weighted by atomic mass is 10.0. The van der Waals surface area contributed by atoms with Crippen molar-refractivity contribution in [1.29, 1.82) is 0 Å². The number of halogens is 1. The lowest BCUT2D eigenvalue weighted by Gasteiger charge is -2.17. The lowest BCUT2D eigenvalue weighted by Crippen LogP contribution is -2.21. The fraction of sp³-hybridized carbons (Fsp3) is 0.375. The summed E-state index contributed by atoms with van der Waals surface area (Å²) in [6.45, 7) is 3.25. The molecule has 102 valence electrons. The third-order valence-electron chi connectivity index (χ3n) is 3.14. The number of aryl methyl sites for hydroxylation is 1. The number of hydrogen-bond acceptors (Lipinski definition) is 2. The Morgan fingerprint density at radius 2 is 1.95 bits per heavy atom. The summed E-state index contributed by atoms with van der Waals surface area (Å²) in [5.41, 5.74) is 1.40. The van der Waals surface area contributed by atoms with Crippen molar-refractivity contribution in [2.75, 3.05) is 6.54 Å². The molecule has 2 rings (SSSR count). The molecule has 0 radical (unpaired) electrons. The van der Waals surface area contributed by atoms with Crippen molar-refractivity contribution in [3.8, 4) is 0 Å². The maximum atomic E-state index is 6.05. The molecule has 19 heavy (non-hydrogen) atoms. The second kappa shape index (κ2) is 7.68. The van der Waals surface area contributed by atoms with Crippen LogP contribution in [-0.2, 0) is 6.42 Å². The first kappa shape index (κ1) is 14.6. The Morgan fingerprint density at radius 1 is 1.16 bits per heavy atom. The number of benzene rings is 1. The van der Waals surface area contributed by atoms with Crippen molar-refractivity contribution >= 4 is 22.9 Å². The number of thiophene rings is 1. The number of nitrogens with one attached hydrogen (secondary N) is 1. The first-order valence-corrected chi connectivity index (χ1v) is 8.01. The summed E-state index contributed by atoms with van der Waals surface area (Å²) in [5, 5.41) is 3.62. The highest BCUT2D eigenvalue weighted by Gasteiger charge is 2.12. The van der Waals surface area contributed by atoms with Crippen molar-refractivity contribution in [3.63, 3.8) is 0 Å². The summed E-state index contributed by atoms with van der Waals surface area (Å²) in [4.78, 5) is 1.34. The molecule has 1 aromatic carbocycles. The largest absolute Gasteiger partial charge is 0.309 e. The van der Waals surface area contributed by atoms with Crippen LogP contribution in [0.25, 0.3) is 0 Å². The van der Waals surface area contributed by atoms with Gasteiger partial charge in [0.1, 0.15) is 0 Å². The van der Waals surface area contributed by atoms with E-state index in [2.05, 4.69) is 48.6 Å². The van der Waals surface area contributed by atoms with E-state index < -0.39 is 0 Å². The van der Waals surface area contributed by atoms with Crippen molar-refractivity contribution in [3.05, 3.63) is 57.2 Å². The molecule has 2 aromatic rings. The zero-order chi connectivity index (χ0) is 13.5. The highest BCUT2D eigenvalue weighted by Crippen LogP contribution is 2.29. The van der Waals surface area contributed by atoms with Gasteiger partial charge in [-0.25, -0.2) is 0 Å². The molecule has 0 spiro atoms. The van der Waals surface area contributed by atoms with E-state index in [1.807, 2.05) is 6.07 Å². The molecule has 1 atom stereocenters. The van der Waals surface area contributed by atoms with Crippen LogP contribution >= 0.6 is 22.9 Å². The standard InChI is InChI=1S/C16H20ClNS/c1-2-12-18-14(15-10-11-16(17)19-15)9-8-13-6-4-3-5-7-13/h3-7,10-11,14,18H,2,8-9,12H2,1H3. The minimum atomic E-state index is 0.414. The minimum absolute atomic E-state index is 0.414. The van der Waals surface area contributed by atoms with Crippen LogP contribution in [0.4, 0.5) is 0 Å². The maximum Gasteiger partial charge on any atom is 0.0931 e. The highest BCUT2D eigenvalue weighted by molar-refractivity contribution is 7.16. The summed E-state index contributed by atoms with van der Waals surface area (Å²) in [6.07, 6.45) is 3.36. The van der Waals surface area contributed by atoms with Crippen molar-refractivity contribution in [2.24, 2.45) is 0 Å². The average molecular weight is 294 g/mol. The van der Waals surface area contributed by atoms with Crippen LogP contribution in [-0.4, -0.2) is 6.54 Å². The van der Waals surface area contributed by atoms with Gasteiger partial charge >= 0.3 is 0 Å². The summed E-state index contributed by atoms with van der Waals surface area (Å²) < 4.78 is 0.873. The van der Waals surface area contributed by atoms with E-state index in [1.165, 1.54) is 10.4 Å². The first-order chi connectivity index (χ1) is 9.29. The molecule has 1 nitrogen and oxygen atoms in total. The summed E-state index contributed by atoms with van der Waals surface area (Å²) in [7, 11) is 0. The smallest absolute Gasteiger partial charge is 0.0931 e. The van der Waals surface area contributed by atoms with Gasteiger partial charge in [-0.1, -0.05) is 48.9 Å². The normalized spacial score (nSPS) is 12.5. The van der Waals surface area contributed by atoms with Crippen LogP contribution in [0.2, 0.25) is 4.34 Å². The molecule has 0 aliphatic heterocycles. The van der Waals surface area contributed by atoms with Crippen molar-refractivity contribution < 1.29 is 0 Å². The third kappa shape index (κ3) is 4.64. The molecule has 0 amide bonds. The molecule has 0 aliphatic carbocycles. The van der Waals surface area contributed by atoms with Gasteiger partial charge in [-0.3, -0.25) is 0 Å². The summed E-state index contributed by atoms with van der Waals surface area (Å²) >= 11 is 7.73. The summed E-state index contributed by atoms with van der Waals surface area (Å²) in [6, 6.07) is 15.2. The Bertz CT molecular complexity index is 481. The van der Waals surface area contributed by atoms with Crippen LogP contribution in [0.15, 0.2) is 42.5 Å². The topological polar surface area (TPSA) is 12.0 Å². The van der Waals surface area contributed by atoms with Gasteiger partial charge in [0.15, 0.2) is 0 Å². The molecule has 0 saturated heterocycles. The van der Waals surface area contributed by atoms with Gasteiger partial charge in [0.05, 0.1) is 4.34 Å². The van der Waals surface area contributed by atoms with Gasteiger partial charge < -0.3 is 5.32 Å². The lowest BCUT2D eigenvalue weighted by molar-refractivity contribution is 0.506. The van der Waals surface area contributed by atoms with Crippen LogP contribution in [0.5, 0.6) is 0 Å². The monoisotopic (exact) mass is 293 g/mol. The Morgan fingerprint density at radius 3 is 2.58 bits per heavy atom. The van der Waals surface area contributed by atoms with Crippen LogP contribution in [0.3, 0.4) is 0 Å². The predicted octanol–water partition coefficient (Wildman–Crippen LogP) is 5.08. The molecule has 1 aromatic heterocycles. The minimum Gasteiger partial charge on any atom is -0.309 e. The number of rotatable bonds is 7. The first-order valence-electron chi connectivity index (χ1n) is 6.82. The van der Waals surface area contributed by atoms with Crippen molar-refractivity contribution in [1.82, 2.24) is 5.32 Å². The molecule has 0 saturated carbocycles. The van der Waals surface area contributed by atoms with E-state index in [0.29, 0.717) is 6.04 Å². The SMILES string of the molecule is CCCNC(CCc1ccccc1)c1ccc(Cl)s1. The van der Waals surface area contributed by atoms with Gasteiger partial charge in [-0.15, -0.1) is 11.3 Å². The van der Waals surface area contributed by atoms with Crippen molar-refractivity contribution in [2.45, 2.75) is 32.2 Å². The van der Waals surface area contributed by atoms with Gasteiger partial charge in [0.25, 0.3) is 0 Å². The summed E-state index contributed by atoms with van der Waals surface area (Å²) in [5.74, 6) is 0. The molecule has 0 aliphatic rings. The molecule has 3 heteroatoms. The molecule has 1 unspecified atom stereocenters. The molecule has 0 fully saturated rings. The molecular weight excluding hydrogens is 274 g/mol. The van der Waals surface area contributed by atoms with Crippen LogP contribution in [0, 0.1) is 0 Å². The zero-order valence-electron chi connectivity index (χ0n) is 11.2. The van der Waals surface area contributed by atoms with Gasteiger partial charge in [-0.05, 0) is 43.5 Å². The van der Waals surface area contributed by atoms with E-state index >= 15 is 0 Å². The fourth-order valence-corrected chi connectivity index (χ4v) is 3.31. The second-order valence-corrected chi connectivity index (χ2v) is 6.42. The zero-order valence-corrected chi connectivity index (χ0v) is 12.8. The average Bonchev–Trinajstić information content (AvgIpc) is 2.86. The van der Waals surface area contributed by atoms with E-state index in [-0.39, 0.29) is 0 Å². The van der Waals surface area contributed by atoms with E-state index in [9.17, 15) is 0 Å². The van der Waals surface area contributed by atoms with E-state index in [1.54, 1.807) is 11.3 Å². The Labute approximate surface area is 124 Å². The maximum absolute atomic E-state index is 6.05. The van der Waals surface area contributed by atoms with Gasteiger partial charge in [-0.2, -0.15) is 0 Å². The Kier molecular flexibility index (Phi) is 5.90. The highest BCUT2D eigenvalue weighted by atomic mass is 35.5. The Hall–Kier alpha value is -0.830. The van der Waals surface area contributed by atoms with E-state index in [4.69, 9.17) is 11.6 Å². The fourth-order valence-electron chi connectivity index (χ4n) is 2.13. The second-order valence-electron chi connectivity index (χ2n) is 4.67. The molecular formula is C16H20ClNS. The van der Waals surface area contributed by atoms with Gasteiger partial charge in [0.2, 0.25) is 0 Å². The molecule has 1 N–H and O–H groups in total. The number of hydrogen-bond donors (Lipinski definition) is 1.